The quantitative estimate of drug-likeness (QED) is 0.413. The number of unbranched alkanes of at least 4 members (excludes halogenated alkanes) is 8. The maximum atomic E-state index is 6.46. The van der Waals surface area contributed by atoms with Gasteiger partial charge in [-0.05, 0) is 19.3 Å². The molecule has 1 atom stereocenters. The summed E-state index contributed by atoms with van der Waals surface area (Å²) >= 11 is 0. The second-order valence-electron chi connectivity index (χ2n) is 6.04. The Labute approximate surface area is 116 Å². The summed E-state index contributed by atoms with van der Waals surface area (Å²) in [6.07, 6.45) is 17.4. The van der Waals surface area contributed by atoms with Crippen LogP contribution in [0.1, 0.15) is 104 Å². The van der Waals surface area contributed by atoms with Gasteiger partial charge in [0.2, 0.25) is 0 Å². The van der Waals surface area contributed by atoms with Crippen molar-refractivity contribution in [3.63, 3.8) is 0 Å². The van der Waals surface area contributed by atoms with E-state index in [0.29, 0.717) is 0 Å². The highest BCUT2D eigenvalue weighted by atomic mass is 14.7. The molecule has 110 valence electrons. The minimum absolute atomic E-state index is 0.137. The molecule has 1 heteroatoms. The van der Waals surface area contributed by atoms with Crippen LogP contribution in [0.4, 0.5) is 0 Å². The third kappa shape index (κ3) is 9.94. The average molecular weight is 255 g/mol. The Hall–Kier alpha value is -0.0400. The predicted molar refractivity (Wildman–Crippen MR) is 84.0 cm³/mol. The van der Waals surface area contributed by atoms with E-state index < -0.39 is 0 Å². The molecule has 18 heavy (non-hydrogen) atoms. The van der Waals surface area contributed by atoms with Crippen molar-refractivity contribution in [2.75, 3.05) is 0 Å². The molecule has 0 aliphatic heterocycles. The number of hydrogen-bond acceptors (Lipinski definition) is 1. The zero-order valence-electron chi connectivity index (χ0n) is 13.3. The Kier molecular flexibility index (Phi) is 12.0. The van der Waals surface area contributed by atoms with E-state index in [1.807, 2.05) is 0 Å². The summed E-state index contributed by atoms with van der Waals surface area (Å²) in [5.74, 6) is 0. The van der Waals surface area contributed by atoms with Crippen LogP contribution < -0.4 is 5.73 Å². The van der Waals surface area contributed by atoms with Crippen LogP contribution in [0.2, 0.25) is 0 Å². The minimum atomic E-state index is 0.137. The number of nitrogens with two attached hydrogens (primary N) is 1. The van der Waals surface area contributed by atoms with Crippen molar-refractivity contribution in [1.29, 1.82) is 0 Å². The molecule has 0 saturated carbocycles. The molecule has 1 nitrogen and oxygen atoms in total. The van der Waals surface area contributed by atoms with Crippen molar-refractivity contribution in [2.24, 2.45) is 5.73 Å². The fourth-order valence-electron chi connectivity index (χ4n) is 2.62. The van der Waals surface area contributed by atoms with Crippen molar-refractivity contribution in [2.45, 2.75) is 110 Å². The monoisotopic (exact) mass is 255 g/mol. The van der Waals surface area contributed by atoms with Crippen LogP contribution in [-0.2, 0) is 0 Å². The van der Waals surface area contributed by atoms with Crippen LogP contribution in [-0.4, -0.2) is 5.54 Å². The molecule has 0 aliphatic carbocycles. The van der Waals surface area contributed by atoms with E-state index in [4.69, 9.17) is 5.73 Å². The lowest BCUT2D eigenvalue weighted by atomic mass is 9.85. The van der Waals surface area contributed by atoms with E-state index in [1.54, 1.807) is 0 Å². The van der Waals surface area contributed by atoms with Gasteiger partial charge in [-0.15, -0.1) is 0 Å². The summed E-state index contributed by atoms with van der Waals surface area (Å²) in [4.78, 5) is 0. The summed E-state index contributed by atoms with van der Waals surface area (Å²) in [6.45, 7) is 6.79. The van der Waals surface area contributed by atoms with E-state index >= 15 is 0 Å². The zero-order valence-corrected chi connectivity index (χ0v) is 13.3. The molecule has 0 aromatic heterocycles. The van der Waals surface area contributed by atoms with Gasteiger partial charge in [0.05, 0.1) is 0 Å². The van der Waals surface area contributed by atoms with Gasteiger partial charge in [0.1, 0.15) is 0 Å². The Balaban J connectivity index is 3.44. The van der Waals surface area contributed by atoms with Gasteiger partial charge in [0, 0.05) is 5.54 Å². The summed E-state index contributed by atoms with van der Waals surface area (Å²) in [5, 5.41) is 0. The lowest BCUT2D eigenvalue weighted by Gasteiger charge is -2.28. The van der Waals surface area contributed by atoms with Gasteiger partial charge in [-0.2, -0.15) is 0 Å². The molecule has 1 unspecified atom stereocenters. The third-order valence-corrected chi connectivity index (χ3v) is 4.26. The highest BCUT2D eigenvalue weighted by Crippen LogP contribution is 2.23. The van der Waals surface area contributed by atoms with E-state index in [9.17, 15) is 0 Å². The molecule has 0 aliphatic rings. The van der Waals surface area contributed by atoms with Crippen LogP contribution in [0.15, 0.2) is 0 Å². The number of rotatable bonds is 13. The molecule has 0 rings (SSSR count). The van der Waals surface area contributed by atoms with E-state index in [1.165, 1.54) is 77.0 Å². The first-order chi connectivity index (χ1) is 8.68. The average Bonchev–Trinajstić information content (AvgIpc) is 2.39. The molecular weight excluding hydrogens is 218 g/mol. The fraction of sp³-hybridized carbons (Fsp3) is 1.00. The summed E-state index contributed by atoms with van der Waals surface area (Å²) < 4.78 is 0. The lowest BCUT2D eigenvalue weighted by molar-refractivity contribution is 0.328. The van der Waals surface area contributed by atoms with Crippen molar-refractivity contribution in [3.8, 4) is 0 Å². The lowest BCUT2D eigenvalue weighted by Crippen LogP contribution is -2.38. The maximum Gasteiger partial charge on any atom is 0.0151 e. The molecule has 0 radical (unpaired) electrons. The van der Waals surface area contributed by atoms with Gasteiger partial charge in [-0.3, -0.25) is 0 Å². The SMILES string of the molecule is CCCCCCCCCCC(N)(CC)CCCC. The van der Waals surface area contributed by atoms with Crippen LogP contribution in [0.3, 0.4) is 0 Å². The van der Waals surface area contributed by atoms with E-state index in [0.717, 1.165) is 6.42 Å². The van der Waals surface area contributed by atoms with Crippen LogP contribution in [0.5, 0.6) is 0 Å². The minimum Gasteiger partial charge on any atom is -0.325 e. The zero-order chi connectivity index (χ0) is 13.7. The van der Waals surface area contributed by atoms with Crippen molar-refractivity contribution < 1.29 is 0 Å². The second-order valence-corrected chi connectivity index (χ2v) is 6.04. The van der Waals surface area contributed by atoms with E-state index in [-0.39, 0.29) is 5.54 Å². The highest BCUT2D eigenvalue weighted by molar-refractivity contribution is 4.82. The van der Waals surface area contributed by atoms with Crippen LogP contribution in [0, 0.1) is 0 Å². The molecule has 0 heterocycles. The summed E-state index contributed by atoms with van der Waals surface area (Å²) in [5.41, 5.74) is 6.60. The normalized spacial score (nSPS) is 14.7. The topological polar surface area (TPSA) is 26.0 Å². The predicted octanol–water partition coefficient (Wildman–Crippen LogP) is 5.81. The summed E-state index contributed by atoms with van der Waals surface area (Å²) in [7, 11) is 0. The second kappa shape index (κ2) is 12.0. The van der Waals surface area contributed by atoms with Gasteiger partial charge in [-0.25, -0.2) is 0 Å². The summed E-state index contributed by atoms with van der Waals surface area (Å²) in [6, 6.07) is 0. The first kappa shape index (κ1) is 18.0. The smallest absolute Gasteiger partial charge is 0.0151 e. The van der Waals surface area contributed by atoms with Crippen molar-refractivity contribution in [3.05, 3.63) is 0 Å². The molecule has 0 amide bonds. The Morgan fingerprint density at radius 1 is 0.611 bits per heavy atom. The Morgan fingerprint density at radius 2 is 1.06 bits per heavy atom. The van der Waals surface area contributed by atoms with E-state index in [2.05, 4.69) is 20.8 Å². The molecule has 0 bridgehead atoms. The first-order valence-corrected chi connectivity index (χ1v) is 8.47. The standard InChI is InChI=1S/C17H37N/c1-4-7-9-10-11-12-13-14-16-17(18,6-3)15-8-5-2/h4-16,18H2,1-3H3. The van der Waals surface area contributed by atoms with Gasteiger partial charge >= 0.3 is 0 Å². The molecular formula is C17H37N. The highest BCUT2D eigenvalue weighted by Gasteiger charge is 2.20. The third-order valence-electron chi connectivity index (χ3n) is 4.26. The van der Waals surface area contributed by atoms with Crippen molar-refractivity contribution >= 4 is 0 Å². The van der Waals surface area contributed by atoms with Crippen LogP contribution in [0.25, 0.3) is 0 Å². The van der Waals surface area contributed by atoms with Gasteiger partial charge in [0.25, 0.3) is 0 Å². The van der Waals surface area contributed by atoms with Gasteiger partial charge in [0.15, 0.2) is 0 Å². The molecule has 0 fully saturated rings. The molecule has 0 aromatic carbocycles. The fourth-order valence-corrected chi connectivity index (χ4v) is 2.62. The van der Waals surface area contributed by atoms with Gasteiger partial charge < -0.3 is 5.73 Å². The Bertz CT molecular complexity index is 167. The molecule has 0 aromatic rings. The molecule has 2 N–H and O–H groups in total. The molecule has 0 spiro atoms. The maximum absolute atomic E-state index is 6.46. The first-order valence-electron chi connectivity index (χ1n) is 8.47. The van der Waals surface area contributed by atoms with Crippen LogP contribution >= 0.6 is 0 Å². The van der Waals surface area contributed by atoms with Gasteiger partial charge in [-0.1, -0.05) is 85.0 Å². The largest absolute Gasteiger partial charge is 0.325 e. The number of hydrogen-bond donors (Lipinski definition) is 1. The Morgan fingerprint density at radius 3 is 1.56 bits per heavy atom. The van der Waals surface area contributed by atoms with Crippen molar-refractivity contribution in [1.82, 2.24) is 0 Å². The molecule has 0 saturated heterocycles.